The summed E-state index contributed by atoms with van der Waals surface area (Å²) < 4.78 is 26.7. The predicted molar refractivity (Wildman–Crippen MR) is 77.6 cm³/mol. The Morgan fingerprint density at radius 3 is 2.90 bits per heavy atom. The minimum atomic E-state index is -1.05. The van der Waals surface area contributed by atoms with Crippen molar-refractivity contribution in [3.8, 4) is 0 Å². The van der Waals surface area contributed by atoms with E-state index in [0.717, 1.165) is 36.7 Å². The van der Waals surface area contributed by atoms with Gasteiger partial charge in [0.15, 0.2) is 11.6 Å². The Bertz CT molecular complexity index is 701. The van der Waals surface area contributed by atoms with Gasteiger partial charge in [0.25, 0.3) is 5.91 Å². The monoisotopic (exact) mass is 288 g/mol. The number of amides is 1. The number of fused-ring (bicyclic) bond motifs is 1. The van der Waals surface area contributed by atoms with Crippen molar-refractivity contribution in [2.24, 2.45) is 0 Å². The van der Waals surface area contributed by atoms with E-state index in [9.17, 15) is 13.6 Å². The standard InChI is InChI=1S/C16H14F2N2O/c17-12-4-1-5-14(15(12)18)20-16(21)11-6-7-13-10(9-11)3-2-8-19-13/h1,4-7,9,19H,2-3,8H2,(H,20,21). The first kappa shape index (κ1) is 13.5. The van der Waals surface area contributed by atoms with Crippen LogP contribution in [-0.4, -0.2) is 12.5 Å². The number of carbonyl (C=O) groups is 1. The second kappa shape index (κ2) is 5.52. The number of nitrogens with one attached hydrogen (secondary N) is 2. The van der Waals surface area contributed by atoms with Gasteiger partial charge < -0.3 is 10.6 Å². The molecule has 0 atom stereocenters. The number of benzene rings is 2. The Kier molecular flexibility index (Phi) is 3.56. The Morgan fingerprint density at radius 1 is 1.19 bits per heavy atom. The summed E-state index contributed by atoms with van der Waals surface area (Å²) in [6.07, 6.45) is 1.91. The van der Waals surface area contributed by atoms with Crippen molar-refractivity contribution in [3.05, 3.63) is 59.2 Å². The molecule has 1 heterocycles. The first-order chi connectivity index (χ1) is 10.1. The lowest BCUT2D eigenvalue weighted by molar-refractivity contribution is 0.102. The molecule has 2 N–H and O–H groups in total. The van der Waals surface area contributed by atoms with E-state index in [4.69, 9.17) is 0 Å². The van der Waals surface area contributed by atoms with Crippen LogP contribution >= 0.6 is 0 Å². The van der Waals surface area contributed by atoms with Gasteiger partial charge in [0, 0.05) is 17.8 Å². The first-order valence-electron chi connectivity index (χ1n) is 6.77. The van der Waals surface area contributed by atoms with Gasteiger partial charge in [-0.2, -0.15) is 0 Å². The van der Waals surface area contributed by atoms with E-state index >= 15 is 0 Å². The van der Waals surface area contributed by atoms with Gasteiger partial charge >= 0.3 is 0 Å². The van der Waals surface area contributed by atoms with Crippen LogP contribution < -0.4 is 10.6 Å². The molecule has 3 nitrogen and oxygen atoms in total. The summed E-state index contributed by atoms with van der Waals surface area (Å²) in [4.78, 5) is 12.1. The van der Waals surface area contributed by atoms with Gasteiger partial charge in [0.05, 0.1) is 5.69 Å². The molecular formula is C16H14F2N2O. The molecule has 2 aromatic rings. The second-order valence-corrected chi connectivity index (χ2v) is 4.96. The molecule has 0 aromatic heterocycles. The third-order valence-corrected chi connectivity index (χ3v) is 3.51. The molecule has 5 heteroatoms. The van der Waals surface area contributed by atoms with E-state index in [-0.39, 0.29) is 5.69 Å². The molecule has 3 rings (SSSR count). The maximum absolute atomic E-state index is 13.6. The van der Waals surface area contributed by atoms with Crippen molar-refractivity contribution in [1.29, 1.82) is 0 Å². The van der Waals surface area contributed by atoms with E-state index < -0.39 is 17.5 Å². The van der Waals surface area contributed by atoms with E-state index in [1.54, 1.807) is 12.1 Å². The van der Waals surface area contributed by atoms with Crippen molar-refractivity contribution >= 4 is 17.3 Å². The van der Waals surface area contributed by atoms with Gasteiger partial charge in [-0.1, -0.05) is 6.07 Å². The zero-order chi connectivity index (χ0) is 14.8. The van der Waals surface area contributed by atoms with Crippen LogP contribution in [0.25, 0.3) is 0 Å². The van der Waals surface area contributed by atoms with Crippen LogP contribution in [-0.2, 0) is 6.42 Å². The maximum Gasteiger partial charge on any atom is 0.255 e. The van der Waals surface area contributed by atoms with Crippen LogP contribution in [0.4, 0.5) is 20.2 Å². The molecule has 0 spiro atoms. The largest absolute Gasteiger partial charge is 0.385 e. The molecule has 2 aromatic carbocycles. The zero-order valence-electron chi connectivity index (χ0n) is 11.2. The number of carbonyl (C=O) groups excluding carboxylic acids is 1. The number of hydrogen-bond donors (Lipinski definition) is 2. The third kappa shape index (κ3) is 2.72. The Hall–Kier alpha value is -2.43. The average Bonchev–Trinajstić information content (AvgIpc) is 2.51. The van der Waals surface area contributed by atoms with E-state index in [1.807, 2.05) is 6.07 Å². The number of halogens is 2. The summed E-state index contributed by atoms with van der Waals surface area (Å²) in [6.45, 7) is 0.924. The molecule has 0 fully saturated rings. The molecule has 0 saturated heterocycles. The van der Waals surface area contributed by atoms with Crippen LogP contribution in [0.3, 0.4) is 0 Å². The van der Waals surface area contributed by atoms with Crippen LogP contribution in [0.1, 0.15) is 22.3 Å². The minimum absolute atomic E-state index is 0.157. The van der Waals surface area contributed by atoms with Crippen molar-refractivity contribution in [2.75, 3.05) is 17.2 Å². The van der Waals surface area contributed by atoms with Crippen LogP contribution in [0.2, 0.25) is 0 Å². The highest BCUT2D eigenvalue weighted by Gasteiger charge is 2.15. The lowest BCUT2D eigenvalue weighted by atomic mass is 10.0. The molecule has 1 aliphatic heterocycles. The number of aryl methyl sites for hydroxylation is 1. The maximum atomic E-state index is 13.6. The lowest BCUT2D eigenvalue weighted by Crippen LogP contribution is -2.16. The van der Waals surface area contributed by atoms with E-state index in [1.165, 1.54) is 12.1 Å². The molecule has 21 heavy (non-hydrogen) atoms. The number of rotatable bonds is 2. The lowest BCUT2D eigenvalue weighted by Gasteiger charge is -2.18. The summed E-state index contributed by atoms with van der Waals surface area (Å²) in [7, 11) is 0. The van der Waals surface area contributed by atoms with Gasteiger partial charge in [-0.3, -0.25) is 4.79 Å². The number of hydrogen-bond acceptors (Lipinski definition) is 2. The molecule has 1 amide bonds. The van der Waals surface area contributed by atoms with Crippen LogP contribution in [0.5, 0.6) is 0 Å². The van der Waals surface area contributed by atoms with Gasteiger partial charge in [-0.25, -0.2) is 8.78 Å². The van der Waals surface area contributed by atoms with Crippen molar-refractivity contribution in [1.82, 2.24) is 0 Å². The minimum Gasteiger partial charge on any atom is -0.385 e. The van der Waals surface area contributed by atoms with Crippen molar-refractivity contribution < 1.29 is 13.6 Å². The Labute approximate surface area is 121 Å². The van der Waals surface area contributed by atoms with Crippen molar-refractivity contribution in [3.63, 3.8) is 0 Å². The van der Waals surface area contributed by atoms with Gasteiger partial charge in [-0.15, -0.1) is 0 Å². The van der Waals surface area contributed by atoms with Crippen LogP contribution in [0, 0.1) is 11.6 Å². The summed E-state index contributed by atoms with van der Waals surface area (Å²) in [6, 6.07) is 8.99. The molecular weight excluding hydrogens is 274 g/mol. The molecule has 1 aliphatic rings. The summed E-state index contributed by atoms with van der Waals surface area (Å²) >= 11 is 0. The van der Waals surface area contributed by atoms with Gasteiger partial charge in [0.2, 0.25) is 0 Å². The fraction of sp³-hybridized carbons (Fsp3) is 0.188. The normalized spacial score (nSPS) is 13.2. The number of anilines is 2. The van der Waals surface area contributed by atoms with Gasteiger partial charge in [-0.05, 0) is 48.7 Å². The topological polar surface area (TPSA) is 41.1 Å². The quantitative estimate of drug-likeness (QED) is 0.887. The highest BCUT2D eigenvalue weighted by molar-refractivity contribution is 6.04. The smallest absolute Gasteiger partial charge is 0.255 e. The third-order valence-electron chi connectivity index (χ3n) is 3.51. The van der Waals surface area contributed by atoms with Crippen molar-refractivity contribution in [2.45, 2.75) is 12.8 Å². The zero-order valence-corrected chi connectivity index (χ0v) is 11.2. The molecule has 0 unspecified atom stereocenters. The highest BCUT2D eigenvalue weighted by Crippen LogP contribution is 2.24. The SMILES string of the molecule is O=C(Nc1cccc(F)c1F)c1ccc2c(c1)CCCN2. The van der Waals surface area contributed by atoms with E-state index in [2.05, 4.69) is 10.6 Å². The summed E-state index contributed by atoms with van der Waals surface area (Å²) in [5.74, 6) is -2.49. The molecule has 0 bridgehead atoms. The summed E-state index contributed by atoms with van der Waals surface area (Å²) in [5, 5.41) is 5.65. The van der Waals surface area contributed by atoms with Gasteiger partial charge in [0.1, 0.15) is 0 Å². The first-order valence-corrected chi connectivity index (χ1v) is 6.77. The molecule has 0 saturated carbocycles. The summed E-state index contributed by atoms with van der Waals surface area (Å²) in [5.41, 5.74) is 2.36. The molecule has 0 aliphatic carbocycles. The fourth-order valence-electron chi connectivity index (χ4n) is 2.41. The average molecular weight is 288 g/mol. The Morgan fingerprint density at radius 2 is 2.05 bits per heavy atom. The fourth-order valence-corrected chi connectivity index (χ4v) is 2.41. The molecule has 108 valence electrons. The van der Waals surface area contributed by atoms with Crippen LogP contribution in [0.15, 0.2) is 36.4 Å². The predicted octanol–water partition coefficient (Wildman–Crippen LogP) is 3.58. The highest BCUT2D eigenvalue weighted by atomic mass is 19.2. The Balaban J connectivity index is 1.84. The molecule has 0 radical (unpaired) electrons. The second-order valence-electron chi connectivity index (χ2n) is 4.96. The van der Waals surface area contributed by atoms with E-state index in [0.29, 0.717) is 5.56 Å².